The highest BCUT2D eigenvalue weighted by atomic mass is 35.5. The Morgan fingerprint density at radius 3 is 2.24 bits per heavy atom. The van der Waals surface area contributed by atoms with E-state index in [0.29, 0.717) is 15.6 Å². The smallest absolute Gasteiger partial charge is 0.225 e. The van der Waals surface area contributed by atoms with Gasteiger partial charge in [-0.15, -0.1) is 0 Å². The molecule has 0 aliphatic rings. The number of carbonyl (C=O) groups excluding carboxylic acids is 1. The number of pyridine rings is 1. The third-order valence-electron chi connectivity index (χ3n) is 3.82. The van der Waals surface area contributed by atoms with Gasteiger partial charge in [-0.2, -0.15) is 0 Å². The zero-order valence-electron chi connectivity index (χ0n) is 13.3. The second-order valence-corrected chi connectivity index (χ2v) is 6.36. The van der Waals surface area contributed by atoms with Crippen LogP contribution >= 0.6 is 23.2 Å². The molecular weight excluding hydrogens is 355 g/mol. The first-order chi connectivity index (χ1) is 12.1. The standard InChI is InChI=1S/C20H16Cl2N2O/c21-16-9-6-10-17(22)15(16)13-19(25)24-20(14-7-2-1-3-8-14)18-11-4-5-12-23-18/h1-12,20H,13H2,(H,24,25). The number of carbonyl (C=O) groups is 1. The van der Waals surface area contributed by atoms with Crippen molar-refractivity contribution in [2.24, 2.45) is 0 Å². The van der Waals surface area contributed by atoms with Crippen LogP contribution in [0.15, 0.2) is 72.9 Å². The van der Waals surface area contributed by atoms with Crippen LogP contribution in [0.5, 0.6) is 0 Å². The molecule has 1 atom stereocenters. The highest BCUT2D eigenvalue weighted by Crippen LogP contribution is 2.25. The largest absolute Gasteiger partial charge is 0.343 e. The number of amides is 1. The van der Waals surface area contributed by atoms with Crippen LogP contribution in [0.1, 0.15) is 22.9 Å². The van der Waals surface area contributed by atoms with Gasteiger partial charge < -0.3 is 5.32 Å². The maximum absolute atomic E-state index is 12.6. The van der Waals surface area contributed by atoms with E-state index in [2.05, 4.69) is 10.3 Å². The predicted molar refractivity (Wildman–Crippen MR) is 101 cm³/mol. The van der Waals surface area contributed by atoms with Crippen molar-refractivity contribution in [1.82, 2.24) is 10.3 Å². The minimum absolute atomic E-state index is 0.106. The minimum Gasteiger partial charge on any atom is -0.343 e. The Hall–Kier alpha value is -2.36. The molecule has 3 rings (SSSR count). The molecule has 2 aromatic carbocycles. The summed E-state index contributed by atoms with van der Waals surface area (Å²) >= 11 is 12.3. The van der Waals surface area contributed by atoms with Crippen LogP contribution in [-0.4, -0.2) is 10.9 Å². The Labute approximate surface area is 156 Å². The molecule has 25 heavy (non-hydrogen) atoms. The highest BCUT2D eigenvalue weighted by Gasteiger charge is 2.19. The van der Waals surface area contributed by atoms with E-state index in [4.69, 9.17) is 23.2 Å². The lowest BCUT2D eigenvalue weighted by Crippen LogP contribution is -2.31. The number of nitrogens with one attached hydrogen (secondary N) is 1. The number of rotatable bonds is 5. The van der Waals surface area contributed by atoms with Crippen LogP contribution in [0.25, 0.3) is 0 Å². The molecule has 0 bridgehead atoms. The monoisotopic (exact) mass is 370 g/mol. The summed E-state index contributed by atoms with van der Waals surface area (Å²) in [5.41, 5.74) is 2.35. The first kappa shape index (κ1) is 17.5. The zero-order chi connectivity index (χ0) is 17.6. The van der Waals surface area contributed by atoms with Crippen molar-refractivity contribution in [2.45, 2.75) is 12.5 Å². The van der Waals surface area contributed by atoms with Gasteiger partial charge in [0.15, 0.2) is 0 Å². The predicted octanol–water partition coefficient (Wildman–Crippen LogP) is 4.84. The Morgan fingerprint density at radius 2 is 1.60 bits per heavy atom. The van der Waals surface area contributed by atoms with Gasteiger partial charge in [0.05, 0.1) is 18.2 Å². The van der Waals surface area contributed by atoms with Gasteiger partial charge in [-0.25, -0.2) is 0 Å². The maximum Gasteiger partial charge on any atom is 0.225 e. The summed E-state index contributed by atoms with van der Waals surface area (Å²) < 4.78 is 0. The van der Waals surface area contributed by atoms with Gasteiger partial charge in [0.25, 0.3) is 0 Å². The number of halogens is 2. The summed E-state index contributed by atoms with van der Waals surface area (Å²) in [6, 6.07) is 20.2. The lowest BCUT2D eigenvalue weighted by Gasteiger charge is -2.19. The van der Waals surface area contributed by atoms with E-state index in [-0.39, 0.29) is 18.4 Å². The van der Waals surface area contributed by atoms with Gasteiger partial charge in [0.1, 0.15) is 0 Å². The van der Waals surface area contributed by atoms with Crippen molar-refractivity contribution in [1.29, 1.82) is 0 Å². The number of aromatic nitrogens is 1. The summed E-state index contributed by atoms with van der Waals surface area (Å²) in [4.78, 5) is 17.0. The molecular formula is C20H16Cl2N2O. The normalized spacial score (nSPS) is 11.8. The molecule has 1 unspecified atom stereocenters. The van der Waals surface area contributed by atoms with Crippen LogP contribution in [0, 0.1) is 0 Å². The van der Waals surface area contributed by atoms with E-state index in [0.717, 1.165) is 11.3 Å². The quantitative estimate of drug-likeness (QED) is 0.698. The van der Waals surface area contributed by atoms with Gasteiger partial charge >= 0.3 is 0 Å². The average Bonchev–Trinajstić information content (AvgIpc) is 2.64. The Balaban J connectivity index is 1.84. The molecule has 126 valence electrons. The molecule has 0 saturated carbocycles. The van der Waals surface area contributed by atoms with Crippen LogP contribution in [0.3, 0.4) is 0 Å². The van der Waals surface area contributed by atoms with Crippen molar-refractivity contribution in [2.75, 3.05) is 0 Å². The van der Waals surface area contributed by atoms with Crippen molar-refractivity contribution in [3.63, 3.8) is 0 Å². The Kier molecular flexibility index (Phi) is 5.69. The topological polar surface area (TPSA) is 42.0 Å². The van der Waals surface area contributed by atoms with Crippen molar-refractivity contribution in [3.8, 4) is 0 Å². The second-order valence-electron chi connectivity index (χ2n) is 5.54. The SMILES string of the molecule is O=C(Cc1c(Cl)cccc1Cl)NC(c1ccccc1)c1ccccn1. The molecule has 1 amide bonds. The molecule has 1 N–H and O–H groups in total. The van der Waals surface area contributed by atoms with E-state index in [1.54, 1.807) is 24.4 Å². The fourth-order valence-corrected chi connectivity index (χ4v) is 3.13. The molecule has 0 spiro atoms. The van der Waals surface area contributed by atoms with Gasteiger partial charge in [0, 0.05) is 16.2 Å². The molecule has 3 nitrogen and oxygen atoms in total. The summed E-state index contributed by atoms with van der Waals surface area (Å²) in [7, 11) is 0. The van der Waals surface area contributed by atoms with Crippen LogP contribution in [0.2, 0.25) is 10.0 Å². The summed E-state index contributed by atoms with van der Waals surface area (Å²) in [5, 5.41) is 4.00. The first-order valence-electron chi connectivity index (χ1n) is 7.83. The molecule has 5 heteroatoms. The molecule has 0 aliphatic carbocycles. The van der Waals surface area contributed by atoms with Crippen LogP contribution in [0.4, 0.5) is 0 Å². The minimum atomic E-state index is -0.337. The van der Waals surface area contributed by atoms with E-state index in [1.165, 1.54) is 0 Å². The van der Waals surface area contributed by atoms with Crippen molar-refractivity contribution in [3.05, 3.63) is 99.8 Å². The van der Waals surface area contributed by atoms with Gasteiger partial charge in [-0.05, 0) is 35.4 Å². The fraction of sp³-hybridized carbons (Fsp3) is 0.100. The molecule has 0 aliphatic heterocycles. The van der Waals surface area contributed by atoms with Gasteiger partial charge in [0.2, 0.25) is 5.91 Å². The lowest BCUT2D eigenvalue weighted by molar-refractivity contribution is -0.121. The zero-order valence-corrected chi connectivity index (χ0v) is 14.8. The number of hydrogen-bond acceptors (Lipinski definition) is 2. The second kappa shape index (κ2) is 8.15. The van der Waals surface area contributed by atoms with Crippen molar-refractivity contribution < 1.29 is 4.79 Å². The third kappa shape index (κ3) is 4.38. The molecule has 1 aromatic heterocycles. The highest BCUT2D eigenvalue weighted by molar-refractivity contribution is 6.36. The Morgan fingerprint density at radius 1 is 0.920 bits per heavy atom. The molecule has 1 heterocycles. The number of hydrogen-bond donors (Lipinski definition) is 1. The van der Waals surface area contributed by atoms with Crippen LogP contribution < -0.4 is 5.32 Å². The molecule has 0 saturated heterocycles. The van der Waals surface area contributed by atoms with Gasteiger partial charge in [-0.3, -0.25) is 9.78 Å². The number of nitrogens with zero attached hydrogens (tertiary/aromatic N) is 1. The van der Waals surface area contributed by atoms with Crippen molar-refractivity contribution >= 4 is 29.1 Å². The summed E-state index contributed by atoms with van der Waals surface area (Å²) in [6.45, 7) is 0. The van der Waals surface area contributed by atoms with Gasteiger partial charge in [-0.1, -0.05) is 65.7 Å². The Bertz CT molecular complexity index is 794. The first-order valence-corrected chi connectivity index (χ1v) is 8.59. The molecule has 0 fully saturated rings. The lowest BCUT2D eigenvalue weighted by atomic mass is 10.0. The average molecular weight is 371 g/mol. The third-order valence-corrected chi connectivity index (χ3v) is 4.53. The molecule has 3 aromatic rings. The van der Waals surface area contributed by atoms with Crippen LogP contribution in [-0.2, 0) is 11.2 Å². The van der Waals surface area contributed by atoms with E-state index < -0.39 is 0 Å². The molecule has 0 radical (unpaired) electrons. The number of benzene rings is 2. The van der Waals surface area contributed by atoms with E-state index in [1.807, 2.05) is 48.5 Å². The maximum atomic E-state index is 12.6. The van der Waals surface area contributed by atoms with E-state index >= 15 is 0 Å². The summed E-state index contributed by atoms with van der Waals surface area (Å²) in [6.07, 6.45) is 1.82. The summed E-state index contributed by atoms with van der Waals surface area (Å²) in [5.74, 6) is -0.172. The van der Waals surface area contributed by atoms with E-state index in [9.17, 15) is 4.79 Å². The fourth-order valence-electron chi connectivity index (χ4n) is 2.59.